The van der Waals surface area contributed by atoms with E-state index in [9.17, 15) is 4.39 Å². The van der Waals surface area contributed by atoms with Gasteiger partial charge in [0.15, 0.2) is 6.29 Å². The van der Waals surface area contributed by atoms with Crippen LogP contribution in [0.3, 0.4) is 0 Å². The van der Waals surface area contributed by atoms with Crippen molar-refractivity contribution in [3.8, 4) is 0 Å². The maximum Gasteiger partial charge on any atom is 0.160 e. The van der Waals surface area contributed by atoms with Crippen LogP contribution in [0, 0.1) is 17.7 Å². The Bertz CT molecular complexity index is 615. The van der Waals surface area contributed by atoms with Gasteiger partial charge in [-0.1, -0.05) is 70.9 Å². The van der Waals surface area contributed by atoms with Gasteiger partial charge in [-0.2, -0.15) is 0 Å². The number of halogens is 1. The maximum absolute atomic E-state index is 14.7. The van der Waals surface area contributed by atoms with E-state index < -0.39 is 0 Å². The maximum atomic E-state index is 14.7. The molecule has 0 N–H and O–H groups in total. The van der Waals surface area contributed by atoms with Gasteiger partial charge in [0.1, 0.15) is 5.82 Å². The van der Waals surface area contributed by atoms with Crippen LogP contribution in [0.5, 0.6) is 0 Å². The Morgan fingerprint density at radius 3 is 2.19 bits per heavy atom. The number of rotatable bonds is 12. The summed E-state index contributed by atoms with van der Waals surface area (Å²) in [5.41, 5.74) is 2.08. The van der Waals surface area contributed by atoms with Crippen LogP contribution < -0.4 is 0 Å². The van der Waals surface area contributed by atoms with E-state index in [1.807, 2.05) is 12.1 Å². The summed E-state index contributed by atoms with van der Waals surface area (Å²) in [7, 11) is 0. The SMILES string of the molecule is CCCCCCCc1ccc(C2CCC(C3OCC(CCCCC)CO3)CC2)cc1F. The van der Waals surface area contributed by atoms with Crippen LogP contribution in [0.1, 0.15) is 114 Å². The van der Waals surface area contributed by atoms with Gasteiger partial charge in [-0.05, 0) is 68.1 Å². The van der Waals surface area contributed by atoms with Gasteiger partial charge < -0.3 is 9.47 Å². The lowest BCUT2D eigenvalue weighted by atomic mass is 9.78. The third-order valence-electron chi connectivity index (χ3n) is 7.46. The molecule has 0 bridgehead atoms. The summed E-state index contributed by atoms with van der Waals surface area (Å²) in [6.45, 7) is 6.20. The number of unbranched alkanes of at least 4 members (excludes halogenated alkanes) is 6. The van der Waals surface area contributed by atoms with Gasteiger partial charge in [0.25, 0.3) is 0 Å². The van der Waals surface area contributed by atoms with Gasteiger partial charge in [0, 0.05) is 11.8 Å². The van der Waals surface area contributed by atoms with Crippen molar-refractivity contribution in [2.45, 2.75) is 116 Å². The summed E-state index contributed by atoms with van der Waals surface area (Å²) in [6, 6.07) is 6.05. The smallest absolute Gasteiger partial charge is 0.160 e. The molecule has 1 saturated heterocycles. The second-order valence-corrected chi connectivity index (χ2v) is 10.0. The van der Waals surface area contributed by atoms with E-state index in [4.69, 9.17) is 9.47 Å². The van der Waals surface area contributed by atoms with Crippen molar-refractivity contribution in [1.29, 1.82) is 0 Å². The molecule has 176 valence electrons. The zero-order chi connectivity index (χ0) is 21.9. The molecule has 0 spiro atoms. The lowest BCUT2D eigenvalue weighted by Gasteiger charge is -2.37. The quantitative estimate of drug-likeness (QED) is 0.310. The monoisotopic (exact) mass is 432 g/mol. The van der Waals surface area contributed by atoms with Crippen LogP contribution in [0.4, 0.5) is 4.39 Å². The van der Waals surface area contributed by atoms with Gasteiger partial charge in [-0.15, -0.1) is 0 Å². The van der Waals surface area contributed by atoms with E-state index in [2.05, 4.69) is 19.9 Å². The average molecular weight is 433 g/mol. The summed E-state index contributed by atoms with van der Waals surface area (Å²) >= 11 is 0. The number of hydrogen-bond acceptors (Lipinski definition) is 2. The molecule has 1 saturated carbocycles. The fraction of sp³-hybridized carbons (Fsp3) is 0.786. The predicted octanol–water partition coefficient (Wildman–Crippen LogP) is 8.18. The Kier molecular flexibility index (Phi) is 10.8. The normalized spacial score (nSPS) is 26.8. The molecule has 0 atom stereocenters. The third-order valence-corrected chi connectivity index (χ3v) is 7.46. The summed E-state index contributed by atoms with van der Waals surface area (Å²) < 4.78 is 26.9. The first-order chi connectivity index (χ1) is 15.2. The van der Waals surface area contributed by atoms with E-state index in [1.165, 1.54) is 56.9 Å². The minimum atomic E-state index is -0.0183. The molecule has 0 amide bonds. The summed E-state index contributed by atoms with van der Waals surface area (Å²) in [5.74, 6) is 1.56. The lowest BCUT2D eigenvalue weighted by molar-refractivity contribution is -0.229. The molecule has 1 aliphatic heterocycles. The molecule has 0 unspecified atom stereocenters. The van der Waals surface area contributed by atoms with Gasteiger partial charge >= 0.3 is 0 Å². The number of ether oxygens (including phenoxy) is 2. The molecule has 2 fully saturated rings. The van der Waals surface area contributed by atoms with Crippen molar-refractivity contribution in [2.75, 3.05) is 13.2 Å². The molecule has 0 aromatic heterocycles. The average Bonchev–Trinajstić information content (AvgIpc) is 2.80. The zero-order valence-electron chi connectivity index (χ0n) is 20.0. The summed E-state index contributed by atoms with van der Waals surface area (Å²) in [6.07, 6.45) is 16.6. The number of hydrogen-bond donors (Lipinski definition) is 0. The molecule has 3 heteroatoms. The Balaban J connectivity index is 1.39. The van der Waals surface area contributed by atoms with E-state index in [1.54, 1.807) is 0 Å². The molecule has 1 aromatic rings. The van der Waals surface area contributed by atoms with Crippen molar-refractivity contribution < 1.29 is 13.9 Å². The molecule has 2 aliphatic rings. The minimum absolute atomic E-state index is 0.00294. The Hall–Kier alpha value is -0.930. The van der Waals surface area contributed by atoms with Gasteiger partial charge in [0.05, 0.1) is 13.2 Å². The van der Waals surface area contributed by atoms with Crippen LogP contribution in [0.2, 0.25) is 0 Å². The van der Waals surface area contributed by atoms with Crippen molar-refractivity contribution in [2.24, 2.45) is 11.8 Å². The van der Waals surface area contributed by atoms with Gasteiger partial charge in [-0.3, -0.25) is 0 Å². The van der Waals surface area contributed by atoms with Crippen LogP contribution in [0.25, 0.3) is 0 Å². The summed E-state index contributed by atoms with van der Waals surface area (Å²) in [4.78, 5) is 0. The first kappa shape index (κ1) is 24.7. The number of aryl methyl sites for hydroxylation is 1. The molecule has 1 heterocycles. The van der Waals surface area contributed by atoms with E-state index in [0.717, 1.165) is 57.3 Å². The van der Waals surface area contributed by atoms with Crippen molar-refractivity contribution in [1.82, 2.24) is 0 Å². The minimum Gasteiger partial charge on any atom is -0.352 e. The lowest BCUT2D eigenvalue weighted by Crippen LogP contribution is -2.38. The highest BCUT2D eigenvalue weighted by atomic mass is 19.1. The molecular formula is C28H45FO2. The van der Waals surface area contributed by atoms with E-state index >= 15 is 0 Å². The fourth-order valence-electron chi connectivity index (χ4n) is 5.34. The Morgan fingerprint density at radius 2 is 1.52 bits per heavy atom. The van der Waals surface area contributed by atoms with Crippen molar-refractivity contribution in [3.05, 3.63) is 35.1 Å². The molecule has 31 heavy (non-hydrogen) atoms. The van der Waals surface area contributed by atoms with E-state index in [-0.39, 0.29) is 12.1 Å². The summed E-state index contributed by atoms with van der Waals surface area (Å²) in [5, 5.41) is 0. The van der Waals surface area contributed by atoms with Crippen LogP contribution in [-0.2, 0) is 15.9 Å². The second-order valence-electron chi connectivity index (χ2n) is 10.0. The Morgan fingerprint density at radius 1 is 0.839 bits per heavy atom. The molecule has 2 nitrogen and oxygen atoms in total. The topological polar surface area (TPSA) is 18.5 Å². The molecule has 1 aromatic carbocycles. The molecule has 1 aliphatic carbocycles. The highest BCUT2D eigenvalue weighted by Crippen LogP contribution is 2.39. The highest BCUT2D eigenvalue weighted by molar-refractivity contribution is 5.27. The van der Waals surface area contributed by atoms with Crippen LogP contribution in [0.15, 0.2) is 18.2 Å². The highest BCUT2D eigenvalue weighted by Gasteiger charge is 2.32. The van der Waals surface area contributed by atoms with Crippen LogP contribution >= 0.6 is 0 Å². The molecule has 3 rings (SSSR count). The first-order valence-corrected chi connectivity index (χ1v) is 13.2. The van der Waals surface area contributed by atoms with Crippen molar-refractivity contribution >= 4 is 0 Å². The third kappa shape index (κ3) is 7.86. The molecule has 0 radical (unpaired) electrons. The van der Waals surface area contributed by atoms with Crippen LogP contribution in [-0.4, -0.2) is 19.5 Å². The van der Waals surface area contributed by atoms with E-state index in [0.29, 0.717) is 17.8 Å². The largest absolute Gasteiger partial charge is 0.352 e. The van der Waals surface area contributed by atoms with Crippen molar-refractivity contribution in [3.63, 3.8) is 0 Å². The zero-order valence-corrected chi connectivity index (χ0v) is 20.0. The second kappa shape index (κ2) is 13.6. The fourth-order valence-corrected chi connectivity index (χ4v) is 5.34. The predicted molar refractivity (Wildman–Crippen MR) is 127 cm³/mol. The molecular weight excluding hydrogens is 387 g/mol. The first-order valence-electron chi connectivity index (χ1n) is 13.2. The standard InChI is InChI=1S/C28H45FO2/c1-3-5-7-8-10-12-24-15-18-26(19-27(24)29)23-13-16-25(17-14-23)28-30-20-22(21-31-28)11-9-6-4-2/h15,18-19,22-23,25,28H,3-14,16-17,20-21H2,1-2H3. The number of benzene rings is 1. The Labute approximate surface area is 190 Å². The van der Waals surface area contributed by atoms with Gasteiger partial charge in [0.2, 0.25) is 0 Å². The van der Waals surface area contributed by atoms with Gasteiger partial charge in [-0.25, -0.2) is 4.39 Å².